The predicted octanol–water partition coefficient (Wildman–Crippen LogP) is 2.58. The Kier molecular flexibility index (Phi) is 4.14. The molecule has 0 saturated carbocycles. The van der Waals surface area contributed by atoms with Gasteiger partial charge in [0.05, 0.1) is 0 Å². The molecule has 0 aliphatic heterocycles. The zero-order valence-corrected chi connectivity index (χ0v) is 9.80. The van der Waals surface area contributed by atoms with Gasteiger partial charge >= 0.3 is 6.18 Å². The lowest BCUT2D eigenvalue weighted by atomic mass is 10.2. The van der Waals surface area contributed by atoms with Gasteiger partial charge in [-0.25, -0.2) is 4.98 Å². The molecule has 4 nitrogen and oxygen atoms in total. The average molecular weight is 249 g/mol. The van der Waals surface area contributed by atoms with Crippen LogP contribution in [0.5, 0.6) is 5.88 Å². The summed E-state index contributed by atoms with van der Waals surface area (Å²) in [5, 5.41) is 2.75. The quantitative estimate of drug-likeness (QED) is 0.890. The number of hydrogen-bond donors (Lipinski definition) is 1. The Bertz CT molecular complexity index is 380. The summed E-state index contributed by atoms with van der Waals surface area (Å²) in [5.41, 5.74) is 0. The van der Waals surface area contributed by atoms with Gasteiger partial charge in [0.15, 0.2) is 6.61 Å². The third-order valence-corrected chi connectivity index (χ3v) is 1.88. The molecular weight excluding hydrogens is 235 g/mol. The van der Waals surface area contributed by atoms with Crippen molar-refractivity contribution in [2.45, 2.75) is 25.9 Å². The van der Waals surface area contributed by atoms with E-state index in [2.05, 4.69) is 20.0 Å². The van der Waals surface area contributed by atoms with Gasteiger partial charge < -0.3 is 10.1 Å². The molecule has 7 heteroatoms. The van der Waals surface area contributed by atoms with E-state index >= 15 is 0 Å². The van der Waals surface area contributed by atoms with E-state index in [9.17, 15) is 13.2 Å². The van der Waals surface area contributed by atoms with Gasteiger partial charge in [-0.2, -0.15) is 18.2 Å². The van der Waals surface area contributed by atoms with Crippen LogP contribution in [0.3, 0.4) is 0 Å². The first-order valence-corrected chi connectivity index (χ1v) is 5.08. The molecule has 1 N–H and O–H groups in total. The second-order valence-electron chi connectivity index (χ2n) is 3.76. The van der Waals surface area contributed by atoms with E-state index in [1.54, 1.807) is 7.05 Å². The molecule has 0 atom stereocenters. The van der Waals surface area contributed by atoms with Crippen LogP contribution in [-0.2, 0) is 0 Å². The lowest BCUT2D eigenvalue weighted by Crippen LogP contribution is -2.20. The van der Waals surface area contributed by atoms with Crippen LogP contribution in [0.1, 0.15) is 25.6 Å². The molecule has 1 aromatic rings. The average Bonchev–Trinajstić information content (AvgIpc) is 2.25. The van der Waals surface area contributed by atoms with Gasteiger partial charge in [-0.05, 0) is 0 Å². The third kappa shape index (κ3) is 4.46. The minimum absolute atomic E-state index is 0.0107. The summed E-state index contributed by atoms with van der Waals surface area (Å²) in [6, 6.07) is 1.33. The number of rotatable bonds is 4. The Labute approximate surface area is 97.2 Å². The fraction of sp³-hybridized carbons (Fsp3) is 0.600. The summed E-state index contributed by atoms with van der Waals surface area (Å²) in [6.07, 6.45) is -4.37. The van der Waals surface area contributed by atoms with E-state index in [1.807, 2.05) is 13.8 Å². The number of anilines is 1. The highest BCUT2D eigenvalue weighted by molar-refractivity contribution is 5.38. The van der Waals surface area contributed by atoms with Crippen molar-refractivity contribution in [3.8, 4) is 5.88 Å². The molecule has 0 aliphatic rings. The van der Waals surface area contributed by atoms with Gasteiger partial charge in [-0.15, -0.1) is 0 Å². The molecule has 1 aromatic heterocycles. The summed E-state index contributed by atoms with van der Waals surface area (Å²) < 4.78 is 40.6. The molecule has 96 valence electrons. The highest BCUT2D eigenvalue weighted by atomic mass is 19.4. The standard InChI is InChI=1S/C10H14F3N3O/c1-6(2)9-15-7(14-3)4-8(16-9)17-5-10(11,12)13/h4,6H,5H2,1-3H3,(H,14,15,16). The van der Waals surface area contributed by atoms with E-state index in [0.717, 1.165) is 0 Å². The summed E-state index contributed by atoms with van der Waals surface area (Å²) in [7, 11) is 1.62. The molecule has 17 heavy (non-hydrogen) atoms. The summed E-state index contributed by atoms with van der Waals surface area (Å²) >= 11 is 0. The molecule has 1 heterocycles. The zero-order valence-electron chi connectivity index (χ0n) is 9.80. The number of hydrogen-bond acceptors (Lipinski definition) is 4. The van der Waals surface area contributed by atoms with Gasteiger partial charge in [0.2, 0.25) is 5.88 Å². The van der Waals surface area contributed by atoms with Crippen LogP contribution in [0.25, 0.3) is 0 Å². The molecule has 1 rings (SSSR count). The first kappa shape index (κ1) is 13.5. The first-order valence-electron chi connectivity index (χ1n) is 5.08. The second kappa shape index (κ2) is 5.20. The maximum Gasteiger partial charge on any atom is 0.422 e. The van der Waals surface area contributed by atoms with E-state index in [0.29, 0.717) is 11.6 Å². The summed E-state index contributed by atoms with van der Waals surface area (Å²) in [5.74, 6) is 0.803. The zero-order chi connectivity index (χ0) is 13.1. The van der Waals surface area contributed by atoms with Crippen molar-refractivity contribution >= 4 is 5.82 Å². The molecule has 0 fully saturated rings. The van der Waals surface area contributed by atoms with Crippen LogP contribution in [0.15, 0.2) is 6.07 Å². The van der Waals surface area contributed by atoms with E-state index in [1.165, 1.54) is 6.07 Å². The van der Waals surface area contributed by atoms with Crippen molar-refractivity contribution in [3.63, 3.8) is 0 Å². The van der Waals surface area contributed by atoms with Crippen LogP contribution in [-0.4, -0.2) is 29.8 Å². The minimum Gasteiger partial charge on any atom is -0.468 e. The van der Waals surface area contributed by atoms with Gasteiger partial charge in [0.1, 0.15) is 11.6 Å². The van der Waals surface area contributed by atoms with E-state index < -0.39 is 12.8 Å². The van der Waals surface area contributed by atoms with Crippen molar-refractivity contribution < 1.29 is 17.9 Å². The number of halogens is 3. The maximum atomic E-state index is 12.0. The number of ether oxygens (including phenoxy) is 1. The Morgan fingerprint density at radius 3 is 2.47 bits per heavy atom. The van der Waals surface area contributed by atoms with Gasteiger partial charge in [0, 0.05) is 19.0 Å². The van der Waals surface area contributed by atoms with Crippen molar-refractivity contribution in [3.05, 3.63) is 11.9 Å². The number of nitrogens with one attached hydrogen (secondary N) is 1. The predicted molar refractivity (Wildman–Crippen MR) is 57.2 cm³/mol. The Morgan fingerprint density at radius 1 is 1.35 bits per heavy atom. The largest absolute Gasteiger partial charge is 0.468 e. The van der Waals surface area contributed by atoms with Crippen LogP contribution >= 0.6 is 0 Å². The van der Waals surface area contributed by atoms with E-state index in [4.69, 9.17) is 0 Å². The summed E-state index contributed by atoms with van der Waals surface area (Å²) in [6.45, 7) is 2.34. The summed E-state index contributed by atoms with van der Waals surface area (Å²) in [4.78, 5) is 8.02. The smallest absolute Gasteiger partial charge is 0.422 e. The monoisotopic (exact) mass is 249 g/mol. The van der Waals surface area contributed by atoms with Crippen molar-refractivity contribution in [2.75, 3.05) is 19.0 Å². The molecule has 0 aliphatic carbocycles. The number of aromatic nitrogens is 2. The van der Waals surface area contributed by atoms with Crippen molar-refractivity contribution in [1.29, 1.82) is 0 Å². The molecule has 0 saturated heterocycles. The Balaban J connectivity index is 2.87. The molecule has 0 unspecified atom stereocenters. The van der Waals surface area contributed by atoms with Gasteiger partial charge in [-0.1, -0.05) is 13.8 Å². The molecule has 0 radical (unpaired) electrons. The highest BCUT2D eigenvalue weighted by Crippen LogP contribution is 2.21. The Morgan fingerprint density at radius 2 is 2.00 bits per heavy atom. The van der Waals surface area contributed by atoms with Gasteiger partial charge in [-0.3, -0.25) is 0 Å². The molecule has 0 amide bonds. The van der Waals surface area contributed by atoms with Crippen LogP contribution < -0.4 is 10.1 Å². The maximum absolute atomic E-state index is 12.0. The lowest BCUT2D eigenvalue weighted by Gasteiger charge is -2.12. The van der Waals surface area contributed by atoms with Crippen LogP contribution in [0, 0.1) is 0 Å². The van der Waals surface area contributed by atoms with E-state index in [-0.39, 0.29) is 11.8 Å². The second-order valence-corrected chi connectivity index (χ2v) is 3.76. The highest BCUT2D eigenvalue weighted by Gasteiger charge is 2.28. The normalized spacial score (nSPS) is 11.7. The van der Waals surface area contributed by atoms with Gasteiger partial charge in [0.25, 0.3) is 0 Å². The van der Waals surface area contributed by atoms with Crippen molar-refractivity contribution in [1.82, 2.24) is 9.97 Å². The fourth-order valence-corrected chi connectivity index (χ4v) is 1.06. The van der Waals surface area contributed by atoms with Crippen molar-refractivity contribution in [2.24, 2.45) is 0 Å². The minimum atomic E-state index is -4.37. The number of alkyl halides is 3. The molecule has 0 aromatic carbocycles. The van der Waals surface area contributed by atoms with Crippen LogP contribution in [0.4, 0.5) is 19.0 Å². The SMILES string of the molecule is CNc1cc(OCC(F)(F)F)nc(C(C)C)n1. The Hall–Kier alpha value is -1.53. The molecular formula is C10H14F3N3O. The fourth-order valence-electron chi connectivity index (χ4n) is 1.06. The number of nitrogens with zero attached hydrogens (tertiary/aromatic N) is 2. The molecule has 0 bridgehead atoms. The topological polar surface area (TPSA) is 47.0 Å². The third-order valence-electron chi connectivity index (χ3n) is 1.88. The lowest BCUT2D eigenvalue weighted by molar-refractivity contribution is -0.154. The molecule has 0 spiro atoms. The first-order chi connectivity index (χ1) is 7.81. The van der Waals surface area contributed by atoms with Crippen LogP contribution in [0.2, 0.25) is 0 Å².